The van der Waals surface area contributed by atoms with Crippen LogP contribution < -0.4 is 5.32 Å². The normalized spacial score (nSPS) is 51.5. The third kappa shape index (κ3) is 12.2. The molecule has 6 saturated heterocycles. The van der Waals surface area contributed by atoms with E-state index in [9.17, 15) is 102 Å². The first kappa shape index (κ1) is 57.5. The molecule has 0 aliphatic carbocycles. The molecule has 6 aliphatic rings. The predicted molar refractivity (Wildman–Crippen MR) is 211 cm³/mol. The molecule has 20 N–H and O–H groups in total. The molecule has 0 aromatic heterocycles. The van der Waals surface area contributed by atoms with Gasteiger partial charge in [0.1, 0.15) is 146 Å². The van der Waals surface area contributed by atoms with Gasteiger partial charge in [-0.3, -0.25) is 4.79 Å². The van der Waals surface area contributed by atoms with Crippen molar-refractivity contribution in [3.8, 4) is 0 Å². The van der Waals surface area contributed by atoms with Crippen molar-refractivity contribution in [3.05, 3.63) is 0 Å². The molecule has 0 saturated carbocycles. The summed E-state index contributed by atoms with van der Waals surface area (Å²) < 4.78 is 62.1. The Morgan fingerprint density at radius 1 is 0.371 bits per heavy atom. The predicted octanol–water partition coefficient (Wildman–Crippen LogP) is -14.0. The van der Waals surface area contributed by atoms with Gasteiger partial charge in [0.2, 0.25) is 5.91 Å². The fourth-order valence-corrected chi connectivity index (χ4v) is 8.70. The summed E-state index contributed by atoms with van der Waals surface area (Å²) in [6.45, 7) is -4.44. The Kier molecular flexibility index (Phi) is 20.3. The van der Waals surface area contributed by atoms with Crippen LogP contribution in [0.5, 0.6) is 0 Å². The van der Waals surface area contributed by atoms with E-state index < -0.39 is 230 Å². The number of aliphatic hydroxyl groups excluding tert-OH is 19. The van der Waals surface area contributed by atoms with E-state index in [0.29, 0.717) is 0 Å². The third-order valence-corrected chi connectivity index (χ3v) is 12.8. The second-order valence-corrected chi connectivity index (χ2v) is 17.6. The second kappa shape index (κ2) is 24.7. The quantitative estimate of drug-likeness (QED) is 0.0643. The van der Waals surface area contributed by atoms with E-state index in [2.05, 4.69) is 5.32 Å². The average molecular weight is 1030 g/mol. The van der Waals surface area contributed by atoms with E-state index >= 15 is 0 Å². The summed E-state index contributed by atoms with van der Waals surface area (Å²) in [5.74, 6) is -0.828. The second-order valence-electron chi connectivity index (χ2n) is 17.6. The lowest BCUT2D eigenvalue weighted by molar-refractivity contribution is -0.389. The van der Waals surface area contributed by atoms with E-state index in [0.717, 1.165) is 6.92 Å². The molecule has 408 valence electrons. The molecule has 32 heteroatoms. The van der Waals surface area contributed by atoms with E-state index in [-0.39, 0.29) is 0 Å². The number of hydrogen-bond donors (Lipinski definition) is 20. The van der Waals surface area contributed by atoms with Crippen molar-refractivity contribution >= 4 is 5.91 Å². The number of hydrogen-bond acceptors (Lipinski definition) is 31. The van der Waals surface area contributed by atoms with Gasteiger partial charge in [0.05, 0.1) is 39.6 Å². The van der Waals surface area contributed by atoms with Crippen LogP contribution in [-0.2, 0) is 56.9 Å². The maximum Gasteiger partial charge on any atom is 0.217 e. The molecule has 32 nitrogen and oxygen atoms in total. The van der Waals surface area contributed by atoms with Crippen LogP contribution in [0.2, 0.25) is 0 Å². The standard InChI is InChI=1S/C38H65NO31/c1-8(44)39-15-31(69-36-27(56)22(51)17(46)10(3-41)64-36)30(12(5-43)62-33(15)59)68-38-29(58)32(70-37-28(57)23(52)18(47)11(4-42)65-37)20(49)14(67-38)7-61-35-26(55)24(53)19(48)13(66-35)6-60-34-25(54)21(50)16(45)9(2-40)63-34/h9-38,40-43,45-59H,2-7H2,1H3,(H,39,44)/t9-,10-,11-,12-,13-,14-,15-,16-,17-,18-,19-,20-,21+,22+,23+,24+,25+,26+,27+,28+,29+,30-,31-,32+,33?,34+,35+,36-,37-,38+/m1/s1. The summed E-state index contributed by atoms with van der Waals surface area (Å²) in [5.41, 5.74) is 0. The highest BCUT2D eigenvalue weighted by atomic mass is 16.8. The molecule has 0 aromatic carbocycles. The Hall–Kier alpha value is -1.73. The summed E-state index contributed by atoms with van der Waals surface area (Å²) in [7, 11) is 0. The van der Waals surface area contributed by atoms with Gasteiger partial charge in [-0.2, -0.15) is 0 Å². The van der Waals surface area contributed by atoms with Crippen LogP contribution in [0.4, 0.5) is 0 Å². The zero-order valence-electron chi connectivity index (χ0n) is 37.0. The van der Waals surface area contributed by atoms with Gasteiger partial charge in [-0.05, 0) is 0 Å². The average Bonchev–Trinajstić information content (AvgIpc) is 3.33. The molecular formula is C38H65NO31. The molecule has 6 heterocycles. The number of nitrogens with one attached hydrogen (secondary N) is 1. The molecule has 30 atom stereocenters. The summed E-state index contributed by atoms with van der Waals surface area (Å²) in [6.07, 6.45) is -55.7. The van der Waals surface area contributed by atoms with Crippen LogP contribution in [-0.4, -0.2) is 327 Å². The largest absolute Gasteiger partial charge is 0.394 e. The van der Waals surface area contributed by atoms with Crippen LogP contribution in [0, 0.1) is 0 Å². The summed E-state index contributed by atoms with van der Waals surface area (Å²) >= 11 is 0. The molecule has 0 aromatic rings. The van der Waals surface area contributed by atoms with Gasteiger partial charge in [0.15, 0.2) is 37.7 Å². The van der Waals surface area contributed by atoms with E-state index in [4.69, 9.17) is 52.1 Å². The third-order valence-electron chi connectivity index (χ3n) is 12.8. The zero-order chi connectivity index (χ0) is 51.6. The van der Waals surface area contributed by atoms with Crippen molar-refractivity contribution < 1.29 is 154 Å². The first-order valence-electron chi connectivity index (χ1n) is 22.1. The maximum absolute atomic E-state index is 12.4. The minimum Gasteiger partial charge on any atom is -0.394 e. The Morgan fingerprint density at radius 3 is 1.13 bits per heavy atom. The Balaban J connectivity index is 1.27. The van der Waals surface area contributed by atoms with Gasteiger partial charge in [-0.25, -0.2) is 0 Å². The maximum atomic E-state index is 12.4. The number of aliphatic hydroxyl groups is 19. The Morgan fingerprint density at radius 2 is 0.700 bits per heavy atom. The molecule has 1 unspecified atom stereocenters. The van der Waals surface area contributed by atoms with Crippen molar-refractivity contribution in [3.63, 3.8) is 0 Å². The summed E-state index contributed by atoms with van der Waals surface area (Å²) in [6, 6.07) is -1.73. The summed E-state index contributed by atoms with van der Waals surface area (Å²) in [4.78, 5) is 12.4. The molecule has 6 aliphatic heterocycles. The molecule has 1 amide bonds. The van der Waals surface area contributed by atoms with Crippen LogP contribution in [0.25, 0.3) is 0 Å². The molecule has 70 heavy (non-hydrogen) atoms. The molecule has 6 rings (SSSR count). The fraction of sp³-hybridized carbons (Fsp3) is 0.974. The lowest BCUT2D eigenvalue weighted by Crippen LogP contribution is -2.70. The van der Waals surface area contributed by atoms with Crippen LogP contribution in [0.1, 0.15) is 6.92 Å². The van der Waals surface area contributed by atoms with Gasteiger partial charge in [-0.15, -0.1) is 0 Å². The number of carbonyl (C=O) groups excluding carboxylic acids is 1. The van der Waals surface area contributed by atoms with Gasteiger partial charge in [0, 0.05) is 6.92 Å². The molecule has 0 radical (unpaired) electrons. The van der Waals surface area contributed by atoms with Gasteiger partial charge in [0.25, 0.3) is 0 Å². The van der Waals surface area contributed by atoms with Crippen LogP contribution in [0.15, 0.2) is 0 Å². The summed E-state index contributed by atoms with van der Waals surface area (Å²) in [5, 5.41) is 203. The smallest absolute Gasteiger partial charge is 0.217 e. The highest BCUT2D eigenvalue weighted by molar-refractivity contribution is 5.73. The number of carbonyl (C=O) groups is 1. The minimum absolute atomic E-state index is 0.775. The van der Waals surface area contributed by atoms with E-state index in [1.54, 1.807) is 0 Å². The zero-order valence-corrected chi connectivity index (χ0v) is 37.0. The van der Waals surface area contributed by atoms with Crippen molar-refractivity contribution in [2.45, 2.75) is 191 Å². The van der Waals surface area contributed by atoms with Gasteiger partial charge >= 0.3 is 0 Å². The lowest BCUT2D eigenvalue weighted by Gasteiger charge is -2.50. The van der Waals surface area contributed by atoms with Gasteiger partial charge in [-0.1, -0.05) is 0 Å². The highest BCUT2D eigenvalue weighted by Gasteiger charge is 2.57. The monoisotopic (exact) mass is 1030 g/mol. The van der Waals surface area contributed by atoms with E-state index in [1.165, 1.54) is 0 Å². The van der Waals surface area contributed by atoms with Crippen molar-refractivity contribution in [1.82, 2.24) is 5.32 Å². The van der Waals surface area contributed by atoms with Gasteiger partial charge < -0.3 is 154 Å². The Labute approximate surface area is 395 Å². The minimum atomic E-state index is -2.28. The molecule has 0 bridgehead atoms. The Bertz CT molecular complexity index is 1620. The van der Waals surface area contributed by atoms with Crippen molar-refractivity contribution in [2.24, 2.45) is 0 Å². The van der Waals surface area contributed by atoms with Crippen LogP contribution in [0.3, 0.4) is 0 Å². The van der Waals surface area contributed by atoms with Crippen molar-refractivity contribution in [2.75, 3.05) is 39.6 Å². The molecular weight excluding hydrogens is 966 g/mol. The first-order valence-corrected chi connectivity index (χ1v) is 22.1. The molecule has 6 fully saturated rings. The first-order chi connectivity index (χ1) is 33.1. The fourth-order valence-electron chi connectivity index (χ4n) is 8.70. The lowest BCUT2D eigenvalue weighted by atomic mass is 9.94. The number of rotatable bonds is 17. The SMILES string of the molecule is CC(=O)N[C@H]1C(O)O[C@H](CO)[C@@H](O[C@@H]2O[C@H](CO[C@H]3O[C@H](CO[C@H]4O[C@H](CO)[C@@H](O)[C@H](O)[C@@H]4O)[C@@H](O)[C@H](O)[C@@H]3O)[C@@H](O)[C@H](O[C@H]3O[C@H](CO)[C@@H](O)[C@H](O)[C@@H]3O)[C@@H]2O)[C@@H]1O[C@H]1O[C@H](CO)[C@@H](O)[C@H](O)[C@@H]1O. The van der Waals surface area contributed by atoms with Crippen molar-refractivity contribution in [1.29, 1.82) is 0 Å². The molecule has 0 spiro atoms. The number of amides is 1. The highest BCUT2D eigenvalue weighted by Crippen LogP contribution is 2.36. The number of ether oxygens (including phenoxy) is 11. The van der Waals surface area contributed by atoms with Crippen LogP contribution >= 0.6 is 0 Å². The van der Waals surface area contributed by atoms with E-state index in [1.807, 2.05) is 0 Å². The topological polar surface area (TPSA) is 515 Å².